The lowest BCUT2D eigenvalue weighted by molar-refractivity contribution is 0.350. The molecule has 0 aliphatic heterocycles. The molecule has 0 saturated heterocycles. The molecule has 0 radical (unpaired) electrons. The van der Waals surface area contributed by atoms with E-state index in [2.05, 4.69) is 16.9 Å². The molecule has 0 aliphatic rings. The minimum Gasteiger partial charge on any atom is -0.480 e. The van der Waals surface area contributed by atoms with Crippen LogP contribution in [0.25, 0.3) is 0 Å². The van der Waals surface area contributed by atoms with Gasteiger partial charge in [-0.25, -0.2) is 9.07 Å². The van der Waals surface area contributed by atoms with Gasteiger partial charge in [0.15, 0.2) is 0 Å². The number of aliphatic hydroxyl groups excluding tert-OH is 1. The summed E-state index contributed by atoms with van der Waals surface area (Å²) in [6, 6.07) is 6.99. The predicted molar refractivity (Wildman–Crippen MR) is 74.5 cm³/mol. The van der Waals surface area contributed by atoms with Crippen LogP contribution in [-0.4, -0.2) is 28.6 Å². The van der Waals surface area contributed by atoms with Crippen molar-refractivity contribution in [2.24, 2.45) is 0 Å². The summed E-state index contributed by atoms with van der Waals surface area (Å²) in [7, 11) is 1.45. The van der Waals surface area contributed by atoms with Gasteiger partial charge in [0.25, 0.3) is 5.56 Å². The summed E-state index contributed by atoms with van der Waals surface area (Å²) in [5, 5.41) is 12.6. The third-order valence-corrected chi connectivity index (χ3v) is 2.65. The van der Waals surface area contributed by atoms with Crippen molar-refractivity contribution in [3.63, 3.8) is 0 Å². The van der Waals surface area contributed by atoms with Crippen molar-refractivity contribution in [2.45, 2.75) is 6.54 Å². The second-order valence-electron chi connectivity index (χ2n) is 4.18. The number of nitrogens with zero attached hydrogens (tertiary/aromatic N) is 2. The molecule has 5 nitrogen and oxygen atoms in total. The van der Waals surface area contributed by atoms with Crippen LogP contribution in [0.15, 0.2) is 35.1 Å². The largest absolute Gasteiger partial charge is 0.480 e. The van der Waals surface area contributed by atoms with Gasteiger partial charge < -0.3 is 9.84 Å². The van der Waals surface area contributed by atoms with Gasteiger partial charge in [-0.1, -0.05) is 11.8 Å². The van der Waals surface area contributed by atoms with E-state index in [1.165, 1.54) is 36.1 Å². The number of methoxy groups -OCH3 is 1. The Balaban J connectivity index is 2.35. The Kier molecular flexibility index (Phi) is 4.69. The number of benzene rings is 1. The third-order valence-electron chi connectivity index (χ3n) is 2.65. The summed E-state index contributed by atoms with van der Waals surface area (Å²) >= 11 is 0. The Labute approximate surface area is 120 Å². The van der Waals surface area contributed by atoms with E-state index in [-0.39, 0.29) is 18.7 Å². The minimum atomic E-state index is -0.467. The fourth-order valence-electron chi connectivity index (χ4n) is 1.78. The number of aromatic nitrogens is 2. The van der Waals surface area contributed by atoms with Crippen LogP contribution in [-0.2, 0) is 6.54 Å². The normalized spacial score (nSPS) is 9.86. The van der Waals surface area contributed by atoms with E-state index in [1.807, 2.05) is 0 Å². The van der Waals surface area contributed by atoms with Crippen LogP contribution in [0.5, 0.6) is 5.88 Å². The van der Waals surface area contributed by atoms with E-state index in [0.717, 1.165) is 0 Å². The monoisotopic (exact) mass is 288 g/mol. The molecule has 0 saturated carbocycles. The SMILES string of the molecule is COc1ccc(=O)n(Cc2cc(F)cc(C#CCO)c2)n1. The molecule has 0 spiro atoms. The lowest BCUT2D eigenvalue weighted by Gasteiger charge is -2.07. The van der Waals surface area contributed by atoms with Gasteiger partial charge in [0, 0.05) is 17.7 Å². The molecule has 108 valence electrons. The number of hydrogen-bond donors (Lipinski definition) is 1. The lowest BCUT2D eigenvalue weighted by Crippen LogP contribution is -2.22. The van der Waals surface area contributed by atoms with E-state index in [4.69, 9.17) is 9.84 Å². The topological polar surface area (TPSA) is 64.3 Å². The van der Waals surface area contributed by atoms with Crippen LogP contribution in [0.3, 0.4) is 0 Å². The lowest BCUT2D eigenvalue weighted by atomic mass is 10.1. The van der Waals surface area contributed by atoms with Crippen LogP contribution < -0.4 is 10.3 Å². The molecule has 0 fully saturated rings. The fourth-order valence-corrected chi connectivity index (χ4v) is 1.78. The van der Waals surface area contributed by atoms with E-state index in [0.29, 0.717) is 17.0 Å². The van der Waals surface area contributed by atoms with Crippen LogP contribution in [0.4, 0.5) is 4.39 Å². The third kappa shape index (κ3) is 3.91. The summed E-state index contributed by atoms with van der Waals surface area (Å²) in [6.07, 6.45) is 0. The highest BCUT2D eigenvalue weighted by atomic mass is 19.1. The first-order valence-corrected chi connectivity index (χ1v) is 6.13. The second-order valence-corrected chi connectivity index (χ2v) is 4.18. The molecular formula is C15H13FN2O3. The van der Waals surface area contributed by atoms with Crippen molar-refractivity contribution in [3.8, 4) is 17.7 Å². The van der Waals surface area contributed by atoms with Crippen LogP contribution in [0, 0.1) is 17.7 Å². The van der Waals surface area contributed by atoms with E-state index < -0.39 is 5.82 Å². The van der Waals surface area contributed by atoms with Gasteiger partial charge in [0.05, 0.1) is 13.7 Å². The Bertz CT molecular complexity index is 759. The molecule has 0 aliphatic carbocycles. The Hall–Kier alpha value is -2.65. The molecule has 21 heavy (non-hydrogen) atoms. The van der Waals surface area contributed by atoms with Gasteiger partial charge in [-0.05, 0) is 23.8 Å². The first kappa shape index (κ1) is 14.8. The van der Waals surface area contributed by atoms with Gasteiger partial charge >= 0.3 is 0 Å². The van der Waals surface area contributed by atoms with Crippen molar-refractivity contribution in [1.29, 1.82) is 0 Å². The van der Waals surface area contributed by atoms with Gasteiger partial charge in [-0.15, -0.1) is 5.10 Å². The highest BCUT2D eigenvalue weighted by Gasteiger charge is 2.04. The number of hydrogen-bond acceptors (Lipinski definition) is 4. The number of aliphatic hydroxyl groups is 1. The predicted octanol–water partition coefficient (Wildman–Crippen LogP) is 0.783. The average molecular weight is 288 g/mol. The highest BCUT2D eigenvalue weighted by Crippen LogP contribution is 2.10. The maximum Gasteiger partial charge on any atom is 0.267 e. The van der Waals surface area contributed by atoms with Gasteiger partial charge in [0.1, 0.15) is 12.4 Å². The number of rotatable bonds is 3. The second kappa shape index (κ2) is 6.68. The number of ether oxygens (including phenoxy) is 1. The molecule has 1 aromatic heterocycles. The van der Waals surface area contributed by atoms with Crippen LogP contribution in [0.1, 0.15) is 11.1 Å². The van der Waals surface area contributed by atoms with E-state index in [9.17, 15) is 9.18 Å². The quantitative estimate of drug-likeness (QED) is 0.848. The maximum absolute atomic E-state index is 13.5. The Morgan fingerprint density at radius 2 is 2.19 bits per heavy atom. The molecule has 1 aromatic carbocycles. The zero-order valence-electron chi connectivity index (χ0n) is 11.3. The Morgan fingerprint density at radius 3 is 2.90 bits per heavy atom. The molecular weight excluding hydrogens is 275 g/mol. The van der Waals surface area contributed by atoms with Crippen molar-refractivity contribution >= 4 is 0 Å². The molecule has 0 amide bonds. The fraction of sp³-hybridized carbons (Fsp3) is 0.200. The van der Waals surface area contributed by atoms with Gasteiger partial charge in [-0.2, -0.15) is 0 Å². The van der Waals surface area contributed by atoms with Crippen molar-refractivity contribution < 1.29 is 14.2 Å². The first-order chi connectivity index (χ1) is 10.1. The van der Waals surface area contributed by atoms with Crippen molar-refractivity contribution in [2.75, 3.05) is 13.7 Å². The molecule has 6 heteroatoms. The van der Waals surface area contributed by atoms with E-state index >= 15 is 0 Å². The van der Waals surface area contributed by atoms with Gasteiger partial charge in [-0.3, -0.25) is 4.79 Å². The molecule has 0 unspecified atom stereocenters. The summed E-state index contributed by atoms with van der Waals surface area (Å²) < 4.78 is 19.7. The highest BCUT2D eigenvalue weighted by molar-refractivity contribution is 5.37. The van der Waals surface area contributed by atoms with Crippen LogP contribution >= 0.6 is 0 Å². The Morgan fingerprint density at radius 1 is 1.38 bits per heavy atom. The van der Waals surface area contributed by atoms with Crippen molar-refractivity contribution in [1.82, 2.24) is 9.78 Å². The molecule has 2 rings (SSSR count). The molecule has 1 N–H and O–H groups in total. The minimum absolute atomic E-state index is 0.0988. The molecule has 0 bridgehead atoms. The summed E-state index contributed by atoms with van der Waals surface area (Å²) in [6.45, 7) is -0.204. The summed E-state index contributed by atoms with van der Waals surface area (Å²) in [5.74, 6) is 4.90. The zero-order valence-corrected chi connectivity index (χ0v) is 11.3. The average Bonchev–Trinajstić information content (AvgIpc) is 2.47. The van der Waals surface area contributed by atoms with Crippen LogP contribution in [0.2, 0.25) is 0 Å². The standard InChI is InChI=1S/C15H13FN2O3/c1-21-14-4-5-15(20)18(17-14)10-12-7-11(3-2-6-19)8-13(16)9-12/h4-5,7-9,19H,6,10H2,1H3. The van der Waals surface area contributed by atoms with E-state index in [1.54, 1.807) is 6.07 Å². The molecule has 2 aromatic rings. The maximum atomic E-state index is 13.5. The summed E-state index contributed by atoms with van der Waals surface area (Å²) in [4.78, 5) is 11.7. The summed E-state index contributed by atoms with van der Waals surface area (Å²) in [5.41, 5.74) is 0.651. The molecule has 0 atom stereocenters. The number of halogens is 1. The van der Waals surface area contributed by atoms with Crippen molar-refractivity contribution in [3.05, 3.63) is 57.6 Å². The smallest absolute Gasteiger partial charge is 0.267 e. The first-order valence-electron chi connectivity index (χ1n) is 6.13. The molecule has 1 heterocycles. The zero-order chi connectivity index (χ0) is 15.2. The van der Waals surface area contributed by atoms with Gasteiger partial charge in [0.2, 0.25) is 5.88 Å².